The Labute approximate surface area is 169 Å². The Morgan fingerprint density at radius 2 is 1.63 bits per heavy atom. The first-order valence-electron chi connectivity index (χ1n) is 8.70. The maximum atomic E-state index is 13.1. The van der Waals surface area contributed by atoms with E-state index in [-0.39, 0.29) is 16.8 Å². The van der Waals surface area contributed by atoms with E-state index in [1.807, 2.05) is 0 Å². The van der Waals surface area contributed by atoms with Gasteiger partial charge in [0, 0.05) is 23.1 Å². The van der Waals surface area contributed by atoms with Crippen molar-refractivity contribution in [3.63, 3.8) is 0 Å². The Hall–Kier alpha value is -3.88. The molecule has 2 amide bonds. The van der Waals surface area contributed by atoms with E-state index in [4.69, 9.17) is 5.11 Å². The van der Waals surface area contributed by atoms with Crippen molar-refractivity contribution in [3.05, 3.63) is 77.5 Å². The molecular formula is C21H16F3N3O3. The van der Waals surface area contributed by atoms with Gasteiger partial charge in [0.2, 0.25) is 0 Å². The third kappa shape index (κ3) is 4.75. The van der Waals surface area contributed by atoms with Crippen LogP contribution in [0.5, 0.6) is 0 Å². The lowest BCUT2D eigenvalue weighted by molar-refractivity contribution is -0.138. The summed E-state index contributed by atoms with van der Waals surface area (Å²) in [7, 11) is 0. The van der Waals surface area contributed by atoms with Crippen molar-refractivity contribution in [1.82, 2.24) is 4.98 Å². The SMILES string of the molecule is Cc1ccc(NC(=O)c2cccnc2-c2ccc(NC(=O)O)cc2)cc1C(F)(F)F. The number of aryl methyl sites for hydroxylation is 1. The lowest BCUT2D eigenvalue weighted by Gasteiger charge is -2.14. The fourth-order valence-electron chi connectivity index (χ4n) is 2.86. The molecule has 6 nitrogen and oxygen atoms in total. The van der Waals surface area contributed by atoms with Crippen LogP contribution in [0.15, 0.2) is 60.8 Å². The summed E-state index contributed by atoms with van der Waals surface area (Å²) in [6.45, 7) is 1.34. The van der Waals surface area contributed by atoms with Gasteiger partial charge in [-0.05, 0) is 48.9 Å². The minimum atomic E-state index is -4.53. The van der Waals surface area contributed by atoms with Gasteiger partial charge >= 0.3 is 12.3 Å². The van der Waals surface area contributed by atoms with Crippen LogP contribution in [0.1, 0.15) is 21.5 Å². The van der Waals surface area contributed by atoms with Gasteiger partial charge in [0.05, 0.1) is 16.8 Å². The third-order valence-corrected chi connectivity index (χ3v) is 4.26. The molecule has 0 spiro atoms. The van der Waals surface area contributed by atoms with E-state index in [9.17, 15) is 22.8 Å². The molecule has 0 aliphatic rings. The van der Waals surface area contributed by atoms with Gasteiger partial charge in [-0.1, -0.05) is 18.2 Å². The Kier molecular flexibility index (Phi) is 5.72. The fraction of sp³-hybridized carbons (Fsp3) is 0.0952. The van der Waals surface area contributed by atoms with Crippen LogP contribution in [0.4, 0.5) is 29.3 Å². The van der Waals surface area contributed by atoms with Gasteiger partial charge in [0.25, 0.3) is 5.91 Å². The fourth-order valence-corrected chi connectivity index (χ4v) is 2.86. The smallest absolute Gasteiger partial charge is 0.416 e. The molecular weight excluding hydrogens is 399 g/mol. The second-order valence-electron chi connectivity index (χ2n) is 6.39. The summed E-state index contributed by atoms with van der Waals surface area (Å²) in [5.74, 6) is -0.622. The van der Waals surface area contributed by atoms with E-state index in [1.165, 1.54) is 49.5 Å². The Bertz CT molecular complexity index is 1100. The number of anilines is 2. The van der Waals surface area contributed by atoms with Crippen molar-refractivity contribution < 1.29 is 27.9 Å². The highest BCUT2D eigenvalue weighted by atomic mass is 19.4. The van der Waals surface area contributed by atoms with Crippen molar-refractivity contribution >= 4 is 23.4 Å². The molecule has 0 bridgehead atoms. The van der Waals surface area contributed by atoms with E-state index in [0.717, 1.165) is 6.07 Å². The van der Waals surface area contributed by atoms with Crippen molar-refractivity contribution in [2.45, 2.75) is 13.1 Å². The molecule has 30 heavy (non-hydrogen) atoms. The first kappa shape index (κ1) is 20.8. The third-order valence-electron chi connectivity index (χ3n) is 4.26. The molecule has 0 aliphatic heterocycles. The number of amides is 2. The van der Waals surface area contributed by atoms with Gasteiger partial charge in [-0.2, -0.15) is 13.2 Å². The molecule has 0 saturated carbocycles. The molecule has 0 radical (unpaired) electrons. The number of hydrogen-bond donors (Lipinski definition) is 3. The number of nitrogens with zero attached hydrogens (tertiary/aromatic N) is 1. The summed E-state index contributed by atoms with van der Waals surface area (Å²) >= 11 is 0. The monoisotopic (exact) mass is 415 g/mol. The van der Waals surface area contributed by atoms with Gasteiger partial charge in [0.15, 0.2) is 0 Å². The van der Waals surface area contributed by atoms with Gasteiger partial charge in [-0.15, -0.1) is 0 Å². The van der Waals surface area contributed by atoms with E-state index in [2.05, 4.69) is 15.6 Å². The molecule has 0 fully saturated rings. The highest BCUT2D eigenvalue weighted by molar-refractivity contribution is 6.08. The molecule has 2 aromatic carbocycles. The van der Waals surface area contributed by atoms with Crippen LogP contribution in [-0.2, 0) is 6.18 Å². The Balaban J connectivity index is 1.89. The normalized spacial score (nSPS) is 11.1. The topological polar surface area (TPSA) is 91.3 Å². The number of carboxylic acid groups (broad SMARTS) is 1. The number of rotatable bonds is 4. The average Bonchev–Trinajstić information content (AvgIpc) is 2.69. The van der Waals surface area contributed by atoms with Crippen molar-refractivity contribution in [2.24, 2.45) is 0 Å². The van der Waals surface area contributed by atoms with Crippen LogP contribution in [0.25, 0.3) is 11.3 Å². The van der Waals surface area contributed by atoms with E-state index >= 15 is 0 Å². The quantitative estimate of drug-likeness (QED) is 0.531. The molecule has 0 aliphatic carbocycles. The number of benzene rings is 2. The van der Waals surface area contributed by atoms with Crippen molar-refractivity contribution in [2.75, 3.05) is 10.6 Å². The zero-order chi connectivity index (χ0) is 21.9. The number of nitrogens with one attached hydrogen (secondary N) is 2. The zero-order valence-electron chi connectivity index (χ0n) is 15.6. The lowest BCUT2D eigenvalue weighted by Crippen LogP contribution is -2.15. The number of aromatic nitrogens is 1. The van der Waals surface area contributed by atoms with Crippen molar-refractivity contribution in [1.29, 1.82) is 0 Å². The van der Waals surface area contributed by atoms with E-state index in [0.29, 0.717) is 16.9 Å². The van der Waals surface area contributed by atoms with Gasteiger partial charge in [-0.3, -0.25) is 15.1 Å². The summed E-state index contributed by atoms with van der Waals surface area (Å²) in [5, 5.41) is 13.4. The summed E-state index contributed by atoms with van der Waals surface area (Å²) in [6, 6.07) is 12.8. The molecule has 3 aromatic rings. The molecule has 0 atom stereocenters. The summed E-state index contributed by atoms with van der Waals surface area (Å²) in [5.41, 5.74) is 0.578. The van der Waals surface area contributed by atoms with Crippen LogP contribution in [0.2, 0.25) is 0 Å². The maximum absolute atomic E-state index is 13.1. The van der Waals surface area contributed by atoms with Gasteiger partial charge in [-0.25, -0.2) is 4.79 Å². The first-order valence-corrected chi connectivity index (χ1v) is 8.70. The predicted molar refractivity (Wildman–Crippen MR) is 105 cm³/mol. The van der Waals surface area contributed by atoms with Gasteiger partial charge < -0.3 is 10.4 Å². The average molecular weight is 415 g/mol. The standard InChI is InChI=1S/C21H16F3N3O3/c1-12-4-7-15(11-17(12)21(22,23)24)26-19(28)16-3-2-10-25-18(16)13-5-8-14(9-6-13)27-20(29)30/h2-11,27H,1H3,(H,26,28)(H,29,30). The number of alkyl halides is 3. The highest BCUT2D eigenvalue weighted by Crippen LogP contribution is 2.33. The molecule has 1 aromatic heterocycles. The Morgan fingerprint density at radius 3 is 2.27 bits per heavy atom. The molecule has 0 saturated heterocycles. The van der Waals surface area contributed by atoms with Gasteiger partial charge in [0.1, 0.15) is 0 Å². The second kappa shape index (κ2) is 8.24. The maximum Gasteiger partial charge on any atom is 0.416 e. The minimum absolute atomic E-state index is 0.00809. The summed E-state index contributed by atoms with van der Waals surface area (Å²) in [6.07, 6.45) is -4.27. The number of carbonyl (C=O) groups is 2. The van der Waals surface area contributed by atoms with Crippen molar-refractivity contribution in [3.8, 4) is 11.3 Å². The van der Waals surface area contributed by atoms with Crippen LogP contribution >= 0.6 is 0 Å². The van der Waals surface area contributed by atoms with Crippen LogP contribution in [-0.4, -0.2) is 22.1 Å². The van der Waals surface area contributed by atoms with Crippen LogP contribution < -0.4 is 10.6 Å². The molecule has 9 heteroatoms. The number of pyridine rings is 1. The van der Waals surface area contributed by atoms with Crippen LogP contribution in [0, 0.1) is 6.92 Å². The van der Waals surface area contributed by atoms with Crippen LogP contribution in [0.3, 0.4) is 0 Å². The number of carbonyl (C=O) groups excluding carboxylic acids is 1. The number of hydrogen-bond acceptors (Lipinski definition) is 3. The largest absolute Gasteiger partial charge is 0.465 e. The zero-order valence-corrected chi connectivity index (χ0v) is 15.6. The second-order valence-corrected chi connectivity index (χ2v) is 6.39. The molecule has 154 valence electrons. The predicted octanol–water partition coefficient (Wildman–Crippen LogP) is 5.42. The van der Waals surface area contributed by atoms with E-state index < -0.39 is 23.7 Å². The molecule has 3 N–H and O–H groups in total. The Morgan fingerprint density at radius 1 is 0.967 bits per heavy atom. The molecule has 1 heterocycles. The number of halogens is 3. The van der Waals surface area contributed by atoms with E-state index in [1.54, 1.807) is 12.1 Å². The first-order chi connectivity index (χ1) is 14.1. The summed E-state index contributed by atoms with van der Waals surface area (Å²) in [4.78, 5) is 27.6. The minimum Gasteiger partial charge on any atom is -0.465 e. The highest BCUT2D eigenvalue weighted by Gasteiger charge is 2.32. The lowest BCUT2D eigenvalue weighted by atomic mass is 10.0. The molecule has 3 rings (SSSR count). The molecule has 0 unspecified atom stereocenters. The summed E-state index contributed by atoms with van der Waals surface area (Å²) < 4.78 is 39.4.